The third-order valence-corrected chi connectivity index (χ3v) is 10.9. The molecule has 0 aliphatic rings. The molecule has 46 heavy (non-hydrogen) atoms. The van der Waals surface area contributed by atoms with Gasteiger partial charge in [0.2, 0.25) is 0 Å². The van der Waals surface area contributed by atoms with Gasteiger partial charge in [-0.1, -0.05) is 55.4 Å². The molecule has 0 saturated carbocycles. The summed E-state index contributed by atoms with van der Waals surface area (Å²) in [5, 5.41) is 17.5. The van der Waals surface area contributed by atoms with Crippen LogP contribution in [0.2, 0.25) is 0 Å². The maximum atomic E-state index is 6.42. The number of hydrogen-bond donors (Lipinski definition) is 0. The Bertz CT molecular complexity index is 2120. The summed E-state index contributed by atoms with van der Waals surface area (Å²) in [6.07, 6.45) is 0. The zero-order valence-corrected chi connectivity index (χ0v) is 29.3. The minimum atomic E-state index is 0.268. The summed E-state index contributed by atoms with van der Waals surface area (Å²) in [6, 6.07) is 9.65. The van der Waals surface area contributed by atoms with Crippen molar-refractivity contribution in [3.05, 3.63) is 46.5 Å². The highest BCUT2D eigenvalue weighted by Crippen LogP contribution is 2.62. The minimum Gasteiger partial charge on any atom is -0.496 e. The molecule has 0 N–H and O–H groups in total. The van der Waals surface area contributed by atoms with Crippen molar-refractivity contribution in [2.75, 3.05) is 28.4 Å². The number of fused-ring (bicyclic) bond motifs is 4. The van der Waals surface area contributed by atoms with E-state index in [1.54, 1.807) is 0 Å². The van der Waals surface area contributed by atoms with Crippen LogP contribution in [-0.4, -0.2) is 28.4 Å². The van der Waals surface area contributed by atoms with E-state index in [1.807, 2.05) is 28.4 Å². The molecular formula is C42H44O4. The van der Waals surface area contributed by atoms with Gasteiger partial charge in [0.05, 0.1) is 28.4 Å². The second-order valence-electron chi connectivity index (χ2n) is 14.6. The van der Waals surface area contributed by atoms with E-state index in [1.165, 1.54) is 97.7 Å². The summed E-state index contributed by atoms with van der Waals surface area (Å²) in [6.45, 7) is 18.1. The molecule has 0 amide bonds. The molecule has 8 aromatic rings. The molecule has 4 nitrogen and oxygen atoms in total. The maximum absolute atomic E-state index is 6.42. The van der Waals surface area contributed by atoms with Crippen molar-refractivity contribution in [1.82, 2.24) is 0 Å². The highest BCUT2D eigenvalue weighted by Gasteiger charge is 2.35. The molecule has 236 valence electrons. The van der Waals surface area contributed by atoms with Crippen molar-refractivity contribution >= 4 is 75.4 Å². The Balaban J connectivity index is 1.89. The minimum absolute atomic E-state index is 0.268. The number of methoxy groups -OCH3 is 4. The van der Waals surface area contributed by atoms with Gasteiger partial charge in [-0.15, -0.1) is 0 Å². The molecule has 0 heterocycles. The van der Waals surface area contributed by atoms with Crippen LogP contribution in [0.25, 0.3) is 75.4 Å². The molecule has 0 unspecified atom stereocenters. The first kappa shape index (κ1) is 29.2. The van der Waals surface area contributed by atoms with Gasteiger partial charge in [-0.2, -0.15) is 0 Å². The van der Waals surface area contributed by atoms with E-state index in [9.17, 15) is 0 Å². The van der Waals surface area contributed by atoms with E-state index < -0.39 is 0 Å². The molecule has 0 saturated heterocycles. The van der Waals surface area contributed by atoms with Crippen LogP contribution in [0.5, 0.6) is 23.0 Å². The summed E-state index contributed by atoms with van der Waals surface area (Å²) in [7, 11) is 7.31. The Morgan fingerprint density at radius 2 is 0.500 bits per heavy atom. The van der Waals surface area contributed by atoms with Crippen molar-refractivity contribution in [2.24, 2.45) is 0 Å². The normalized spacial score (nSPS) is 13.1. The van der Waals surface area contributed by atoms with E-state index in [0.717, 1.165) is 23.0 Å². The third kappa shape index (κ3) is 3.25. The second-order valence-corrected chi connectivity index (χ2v) is 14.6. The first-order chi connectivity index (χ1) is 22.0. The second kappa shape index (κ2) is 9.67. The topological polar surface area (TPSA) is 36.9 Å². The van der Waals surface area contributed by atoms with Crippen molar-refractivity contribution in [3.63, 3.8) is 0 Å². The average molecular weight is 613 g/mol. The van der Waals surface area contributed by atoms with Gasteiger partial charge >= 0.3 is 0 Å². The van der Waals surface area contributed by atoms with E-state index in [2.05, 4.69) is 79.7 Å². The van der Waals surface area contributed by atoms with E-state index >= 15 is 0 Å². The summed E-state index contributed by atoms with van der Waals surface area (Å²) in [5.41, 5.74) is 4.87. The van der Waals surface area contributed by atoms with Crippen LogP contribution in [0.1, 0.15) is 101 Å². The van der Waals surface area contributed by atoms with Gasteiger partial charge in [0.1, 0.15) is 23.0 Å². The molecule has 0 aliphatic heterocycles. The Hall–Kier alpha value is -4.18. The SMILES string of the molecule is COc1c(C(C)C)cc2c3cc(C(C)C)c(OC)c4c5c(OC)c(C(C)C)cc6c7cc(C(C)C)c(OC)c8c1c2c(c78)c(c34)c65. The first-order valence-electron chi connectivity index (χ1n) is 16.8. The van der Waals surface area contributed by atoms with Crippen molar-refractivity contribution < 1.29 is 18.9 Å². The lowest BCUT2D eigenvalue weighted by atomic mass is 9.87. The van der Waals surface area contributed by atoms with Gasteiger partial charge in [0.25, 0.3) is 0 Å². The van der Waals surface area contributed by atoms with Crippen LogP contribution < -0.4 is 18.9 Å². The smallest absolute Gasteiger partial charge is 0.130 e. The lowest BCUT2D eigenvalue weighted by molar-refractivity contribution is 0.409. The number of hydrogen-bond acceptors (Lipinski definition) is 4. The molecule has 0 spiro atoms. The Morgan fingerprint density at radius 3 is 0.652 bits per heavy atom. The summed E-state index contributed by atoms with van der Waals surface area (Å²) in [4.78, 5) is 0. The molecule has 0 atom stereocenters. The monoisotopic (exact) mass is 612 g/mol. The summed E-state index contributed by atoms with van der Waals surface area (Å²) >= 11 is 0. The number of ether oxygens (including phenoxy) is 4. The fourth-order valence-corrected chi connectivity index (χ4v) is 8.93. The largest absolute Gasteiger partial charge is 0.496 e. The maximum Gasteiger partial charge on any atom is 0.130 e. The molecule has 0 fully saturated rings. The molecule has 0 aliphatic carbocycles. The molecule has 4 heteroatoms. The highest BCUT2D eigenvalue weighted by atomic mass is 16.5. The number of benzene rings is 6. The zero-order valence-electron chi connectivity index (χ0n) is 29.3. The molecule has 0 aromatic heterocycles. The molecule has 0 bridgehead atoms. The van der Waals surface area contributed by atoms with Gasteiger partial charge in [-0.3, -0.25) is 0 Å². The van der Waals surface area contributed by atoms with Crippen LogP contribution in [0.3, 0.4) is 0 Å². The number of rotatable bonds is 8. The Morgan fingerprint density at radius 1 is 0.304 bits per heavy atom. The van der Waals surface area contributed by atoms with Gasteiger partial charge < -0.3 is 18.9 Å². The third-order valence-electron chi connectivity index (χ3n) is 10.9. The first-order valence-corrected chi connectivity index (χ1v) is 16.8. The Kier molecular flexibility index (Phi) is 6.15. The lowest BCUT2D eigenvalue weighted by Gasteiger charge is -2.20. The molecule has 8 rings (SSSR count). The van der Waals surface area contributed by atoms with Crippen LogP contribution in [-0.2, 0) is 0 Å². The predicted octanol–water partition coefficient (Wildman–Crippen LogP) is 12.0. The molecular weight excluding hydrogens is 568 g/mol. The van der Waals surface area contributed by atoms with Crippen molar-refractivity contribution in [2.45, 2.75) is 79.1 Å². The van der Waals surface area contributed by atoms with E-state index in [-0.39, 0.29) is 23.7 Å². The van der Waals surface area contributed by atoms with Gasteiger partial charge in [-0.05, 0) is 91.7 Å². The zero-order chi connectivity index (χ0) is 32.7. The van der Waals surface area contributed by atoms with Crippen LogP contribution in [0.15, 0.2) is 24.3 Å². The highest BCUT2D eigenvalue weighted by molar-refractivity contribution is 6.56. The predicted molar refractivity (Wildman–Crippen MR) is 196 cm³/mol. The molecule has 8 aromatic carbocycles. The fourth-order valence-electron chi connectivity index (χ4n) is 8.93. The fraction of sp³-hybridized carbons (Fsp3) is 0.381. The quantitative estimate of drug-likeness (QED) is 0.160. The van der Waals surface area contributed by atoms with Crippen LogP contribution in [0, 0.1) is 0 Å². The average Bonchev–Trinajstić information content (AvgIpc) is 3.57. The van der Waals surface area contributed by atoms with Gasteiger partial charge in [0.15, 0.2) is 0 Å². The van der Waals surface area contributed by atoms with Crippen molar-refractivity contribution in [1.29, 1.82) is 0 Å². The van der Waals surface area contributed by atoms with E-state index in [0.29, 0.717) is 0 Å². The lowest BCUT2D eigenvalue weighted by Crippen LogP contribution is -1.99. The Labute approximate surface area is 270 Å². The van der Waals surface area contributed by atoms with Crippen LogP contribution in [0.4, 0.5) is 0 Å². The van der Waals surface area contributed by atoms with Gasteiger partial charge in [-0.25, -0.2) is 0 Å². The van der Waals surface area contributed by atoms with Gasteiger partial charge in [0, 0.05) is 53.9 Å². The van der Waals surface area contributed by atoms with E-state index in [4.69, 9.17) is 18.9 Å². The summed E-state index contributed by atoms with van der Waals surface area (Å²) in [5.74, 6) is 4.91. The standard InChI is InChI=1S/C42H44O4/c1-17(2)21-13-25-26-14-22(18(3)4)41(45-11)37-30(26)34-32-28(16-24(20(7)8)42(46-12)38(32)37)27-15-23(19(5)6)40(44-10)36-31(27)33(34)29(25)35(36)39(21)43-9/h13-20H,1-12H3. The van der Waals surface area contributed by atoms with Crippen LogP contribution >= 0.6 is 0 Å². The summed E-state index contributed by atoms with van der Waals surface area (Å²) < 4.78 is 25.7. The van der Waals surface area contributed by atoms with Crippen molar-refractivity contribution in [3.8, 4) is 23.0 Å². The molecule has 0 radical (unpaired) electrons.